The summed E-state index contributed by atoms with van der Waals surface area (Å²) in [4.78, 5) is 31.0. The van der Waals surface area contributed by atoms with E-state index >= 15 is 0 Å². The number of hydrogen-bond donors (Lipinski definition) is 1. The number of pyridine rings is 1. The summed E-state index contributed by atoms with van der Waals surface area (Å²) >= 11 is 0. The lowest BCUT2D eigenvalue weighted by Crippen LogP contribution is -3.00. The number of fused-ring (bicyclic) bond motifs is 3. The van der Waals surface area contributed by atoms with Crippen LogP contribution in [0.4, 0.5) is 5.82 Å². The number of quaternary nitrogens is 1. The van der Waals surface area contributed by atoms with E-state index in [1.165, 1.54) is 6.20 Å². The summed E-state index contributed by atoms with van der Waals surface area (Å²) in [5, 5.41) is 11.8. The number of nitriles is 1. The fraction of sp³-hybridized carbons (Fsp3) is 0.517. The largest absolute Gasteiger partial charge is 1.00 e. The molecule has 3 aliphatic heterocycles. The van der Waals surface area contributed by atoms with Crippen molar-refractivity contribution in [3.63, 3.8) is 0 Å². The van der Waals surface area contributed by atoms with Crippen LogP contribution in [0.5, 0.6) is 0 Å². The second kappa shape index (κ2) is 11.6. The number of rotatable bonds is 6. The topological polar surface area (TPSA) is 92.1 Å². The molecule has 1 N–H and O–H groups in total. The Kier molecular flexibility index (Phi) is 8.51. The minimum absolute atomic E-state index is 0. The fourth-order valence-electron chi connectivity index (χ4n) is 6.55. The van der Waals surface area contributed by atoms with Gasteiger partial charge in [0, 0.05) is 25.0 Å². The number of nitrogens with one attached hydrogen (secondary N) is 1. The Labute approximate surface area is 225 Å². The lowest BCUT2D eigenvalue weighted by molar-refractivity contribution is -0.939. The minimum atomic E-state index is -0.562. The van der Waals surface area contributed by atoms with Gasteiger partial charge in [-0.2, -0.15) is 5.26 Å². The maximum absolute atomic E-state index is 13.9. The van der Waals surface area contributed by atoms with E-state index in [2.05, 4.69) is 22.4 Å². The number of amides is 1. The average molecular weight is 523 g/mol. The Hall–Kier alpha value is -2.95. The maximum atomic E-state index is 13.9. The van der Waals surface area contributed by atoms with Crippen LogP contribution < -0.4 is 17.7 Å². The quantitative estimate of drug-likeness (QED) is 0.351. The van der Waals surface area contributed by atoms with Crippen LogP contribution in [0, 0.1) is 17.2 Å². The smallest absolute Gasteiger partial charge is 0.317 e. The molecular weight excluding hydrogens is 488 g/mol. The van der Waals surface area contributed by atoms with Gasteiger partial charge in [-0.1, -0.05) is 56.0 Å². The second-order valence-corrected chi connectivity index (χ2v) is 10.9. The Morgan fingerprint density at radius 3 is 2.38 bits per heavy atom. The molecule has 1 saturated carbocycles. The molecule has 1 aliphatic carbocycles. The number of carbonyl (C=O) groups excluding carboxylic acids is 2. The molecule has 4 fully saturated rings. The van der Waals surface area contributed by atoms with E-state index in [4.69, 9.17) is 10.00 Å². The highest BCUT2D eigenvalue weighted by Gasteiger charge is 2.51. The van der Waals surface area contributed by atoms with Gasteiger partial charge in [-0.15, -0.1) is 0 Å². The van der Waals surface area contributed by atoms with Gasteiger partial charge in [0.15, 0.2) is 12.6 Å². The van der Waals surface area contributed by atoms with Crippen molar-refractivity contribution in [3.8, 4) is 6.07 Å². The number of ether oxygens (including phenoxy) is 1. The zero-order valence-electron chi connectivity index (χ0n) is 21.2. The highest BCUT2D eigenvalue weighted by Crippen LogP contribution is 2.42. The summed E-state index contributed by atoms with van der Waals surface area (Å²) in [5.41, 5.74) is 0.976. The summed E-state index contributed by atoms with van der Waals surface area (Å²) in [7, 11) is 0. The number of anilines is 1. The molecule has 1 amide bonds. The van der Waals surface area contributed by atoms with Crippen molar-refractivity contribution in [2.24, 2.45) is 5.92 Å². The molecule has 4 heterocycles. The van der Waals surface area contributed by atoms with Crippen molar-refractivity contribution in [1.82, 2.24) is 4.98 Å². The number of benzene rings is 1. The van der Waals surface area contributed by atoms with Crippen molar-refractivity contribution in [2.75, 3.05) is 31.5 Å². The van der Waals surface area contributed by atoms with Crippen LogP contribution in [-0.2, 0) is 19.7 Å². The molecule has 1 aromatic carbocycles. The van der Waals surface area contributed by atoms with Gasteiger partial charge in [0.25, 0.3) is 5.91 Å². The molecular formula is C29H35ClN4O3. The van der Waals surface area contributed by atoms with Crippen molar-refractivity contribution < 1.29 is 31.2 Å². The van der Waals surface area contributed by atoms with E-state index in [0.29, 0.717) is 34.9 Å². The van der Waals surface area contributed by atoms with Gasteiger partial charge in [-0.05, 0) is 30.5 Å². The molecule has 0 radical (unpaired) electrons. The Morgan fingerprint density at radius 1 is 1.05 bits per heavy atom. The van der Waals surface area contributed by atoms with Crippen LogP contribution in [0.25, 0.3) is 0 Å². The first-order valence-corrected chi connectivity index (χ1v) is 13.3. The van der Waals surface area contributed by atoms with E-state index in [9.17, 15) is 9.59 Å². The van der Waals surface area contributed by atoms with Gasteiger partial charge in [0.2, 0.25) is 0 Å². The first-order valence-electron chi connectivity index (χ1n) is 13.3. The average Bonchev–Trinajstić information content (AvgIpc) is 3.17. The molecule has 2 bridgehead atoms. The molecule has 37 heavy (non-hydrogen) atoms. The van der Waals surface area contributed by atoms with Gasteiger partial charge in [0.1, 0.15) is 18.4 Å². The predicted molar refractivity (Wildman–Crippen MR) is 136 cm³/mol. The Bertz CT molecular complexity index is 1120. The molecule has 196 valence electrons. The number of halogens is 1. The Morgan fingerprint density at radius 2 is 1.76 bits per heavy atom. The third-order valence-electron chi connectivity index (χ3n) is 8.61. The molecule has 1 aromatic heterocycles. The van der Waals surface area contributed by atoms with Gasteiger partial charge in [-0.3, -0.25) is 9.59 Å². The van der Waals surface area contributed by atoms with Crippen molar-refractivity contribution in [2.45, 2.75) is 62.9 Å². The summed E-state index contributed by atoms with van der Waals surface area (Å²) in [5.74, 6) is 0.655. The molecule has 2 aromatic rings. The Balaban J connectivity index is 0.00000320. The fourth-order valence-corrected chi connectivity index (χ4v) is 6.55. The molecule has 1 atom stereocenters. The van der Waals surface area contributed by atoms with E-state index < -0.39 is 5.41 Å². The molecule has 1 unspecified atom stereocenters. The lowest BCUT2D eigenvalue weighted by atomic mass is 9.74. The summed E-state index contributed by atoms with van der Waals surface area (Å²) in [6.45, 7) is 2.88. The van der Waals surface area contributed by atoms with E-state index in [-0.39, 0.29) is 30.4 Å². The monoisotopic (exact) mass is 522 g/mol. The number of esters is 1. The van der Waals surface area contributed by atoms with Crippen LogP contribution in [0.2, 0.25) is 0 Å². The van der Waals surface area contributed by atoms with Crippen molar-refractivity contribution in [1.29, 1.82) is 5.26 Å². The summed E-state index contributed by atoms with van der Waals surface area (Å²) in [6, 6.07) is 15.5. The van der Waals surface area contributed by atoms with E-state index in [1.54, 1.807) is 12.1 Å². The molecule has 3 saturated heterocycles. The van der Waals surface area contributed by atoms with Crippen LogP contribution in [0.3, 0.4) is 0 Å². The predicted octanol–water partition coefficient (Wildman–Crippen LogP) is 1.34. The third-order valence-corrected chi connectivity index (χ3v) is 8.61. The molecule has 0 spiro atoms. The summed E-state index contributed by atoms with van der Waals surface area (Å²) in [6.07, 6.45) is 9.35. The van der Waals surface area contributed by atoms with Gasteiger partial charge in [-0.25, -0.2) is 4.98 Å². The maximum Gasteiger partial charge on any atom is 0.317 e. The van der Waals surface area contributed by atoms with E-state index in [0.717, 1.165) is 70.0 Å². The molecule has 6 rings (SSSR count). The van der Waals surface area contributed by atoms with Crippen LogP contribution in [-0.4, -0.2) is 53.6 Å². The number of hydrogen-bond acceptors (Lipinski definition) is 5. The van der Waals surface area contributed by atoms with Gasteiger partial charge in [0.05, 0.1) is 24.1 Å². The SMILES string of the molecule is N#Cc1ccc(NC(=O)C[N+]23CCC(CC2)C(OC(=O)C2(c4ccccc4)CCCCCC2)C3)nc1.[Cl-]. The number of nitrogens with zero attached hydrogens (tertiary/aromatic N) is 3. The summed E-state index contributed by atoms with van der Waals surface area (Å²) < 4.78 is 7.05. The second-order valence-electron chi connectivity index (χ2n) is 10.9. The zero-order valence-corrected chi connectivity index (χ0v) is 22.0. The highest BCUT2D eigenvalue weighted by molar-refractivity contribution is 5.90. The molecule has 4 aliphatic rings. The van der Waals surface area contributed by atoms with Crippen molar-refractivity contribution in [3.05, 3.63) is 59.8 Å². The van der Waals surface area contributed by atoms with E-state index in [1.807, 2.05) is 24.3 Å². The number of piperidine rings is 3. The van der Waals surface area contributed by atoms with Gasteiger partial charge < -0.3 is 26.9 Å². The van der Waals surface area contributed by atoms with Crippen LogP contribution >= 0.6 is 0 Å². The normalized spacial score (nSPS) is 26.1. The third kappa shape index (κ3) is 5.81. The minimum Gasteiger partial charge on any atom is -1.00 e. The lowest BCUT2D eigenvalue weighted by Gasteiger charge is -2.52. The van der Waals surface area contributed by atoms with Gasteiger partial charge >= 0.3 is 5.97 Å². The van der Waals surface area contributed by atoms with Crippen molar-refractivity contribution >= 4 is 17.7 Å². The van der Waals surface area contributed by atoms with Crippen LogP contribution in [0.1, 0.15) is 62.5 Å². The first kappa shape index (κ1) is 27.1. The highest BCUT2D eigenvalue weighted by atomic mass is 35.5. The number of carbonyl (C=O) groups is 2. The first-order chi connectivity index (χ1) is 17.5. The molecule has 8 heteroatoms. The standard InChI is InChI=1S/C29H34N4O3.ClH/c30-18-22-10-11-26(31-19-22)32-27(34)21-33-16-12-23(13-17-33)25(20-33)36-28(35)29(14-6-1-2-7-15-29)24-8-4-3-5-9-24;/h3-5,8-11,19,23,25H,1-2,6-7,12-17,20-21H2;1H. The number of aromatic nitrogens is 1. The zero-order chi connectivity index (χ0) is 25.0. The van der Waals surface area contributed by atoms with Crippen LogP contribution in [0.15, 0.2) is 48.7 Å². The molecule has 7 nitrogen and oxygen atoms in total.